The van der Waals surface area contributed by atoms with Crippen molar-refractivity contribution in [3.63, 3.8) is 0 Å². The number of hydrogen-bond acceptors (Lipinski definition) is 7. The van der Waals surface area contributed by atoms with Crippen LogP contribution in [0.15, 0.2) is 33.6 Å². The van der Waals surface area contributed by atoms with Crippen molar-refractivity contribution in [1.82, 2.24) is 10.3 Å². The van der Waals surface area contributed by atoms with Crippen LogP contribution in [0.25, 0.3) is 11.5 Å². The first-order valence-electron chi connectivity index (χ1n) is 7.86. The van der Waals surface area contributed by atoms with E-state index < -0.39 is 11.9 Å². The predicted molar refractivity (Wildman–Crippen MR) is 94.3 cm³/mol. The van der Waals surface area contributed by atoms with Crippen LogP contribution in [0.3, 0.4) is 0 Å². The zero-order chi connectivity index (χ0) is 19.0. The summed E-state index contributed by atoms with van der Waals surface area (Å²) in [7, 11) is 1.21. The average Bonchev–Trinajstić information content (AvgIpc) is 3.12. The van der Waals surface area contributed by atoms with Gasteiger partial charge in [-0.25, -0.2) is 5.01 Å². The summed E-state index contributed by atoms with van der Waals surface area (Å²) >= 11 is 0. The van der Waals surface area contributed by atoms with Crippen molar-refractivity contribution in [2.75, 3.05) is 13.7 Å². The van der Waals surface area contributed by atoms with E-state index in [0.717, 1.165) is 0 Å². The van der Waals surface area contributed by atoms with Gasteiger partial charge in [-0.05, 0) is 19.9 Å². The number of allylic oxidation sites excluding steroid dienone is 1. The van der Waals surface area contributed by atoms with Gasteiger partial charge in [0.25, 0.3) is 5.91 Å². The molecule has 0 aliphatic carbocycles. The van der Waals surface area contributed by atoms with Gasteiger partial charge in [0.05, 0.1) is 19.1 Å². The SMILES string of the molecule is CC.CC=C1c2ccoc2C(O)=C(C(=O)NCC(=O)OC)N1/N=C\C. The Hall–Kier alpha value is -3.03. The van der Waals surface area contributed by atoms with Crippen LogP contribution in [-0.2, 0) is 14.3 Å². The number of amides is 1. The highest BCUT2D eigenvalue weighted by Crippen LogP contribution is 2.38. The Morgan fingerprint density at radius 2 is 2.08 bits per heavy atom. The van der Waals surface area contributed by atoms with Gasteiger partial charge in [-0.15, -0.1) is 0 Å². The molecule has 25 heavy (non-hydrogen) atoms. The number of esters is 1. The van der Waals surface area contributed by atoms with E-state index in [0.29, 0.717) is 11.3 Å². The molecule has 0 radical (unpaired) electrons. The topological polar surface area (TPSA) is 104 Å². The fourth-order valence-corrected chi connectivity index (χ4v) is 2.16. The highest BCUT2D eigenvalue weighted by atomic mass is 16.5. The van der Waals surface area contributed by atoms with Gasteiger partial charge < -0.3 is 19.6 Å². The second-order valence-electron chi connectivity index (χ2n) is 4.48. The number of methoxy groups -OCH3 is 1. The molecule has 0 aromatic carbocycles. The maximum atomic E-state index is 12.4. The molecule has 2 rings (SSSR count). The smallest absolute Gasteiger partial charge is 0.325 e. The Morgan fingerprint density at radius 1 is 1.40 bits per heavy atom. The second kappa shape index (κ2) is 9.31. The molecule has 8 nitrogen and oxygen atoms in total. The van der Waals surface area contributed by atoms with Crippen molar-refractivity contribution in [1.29, 1.82) is 0 Å². The second-order valence-corrected chi connectivity index (χ2v) is 4.48. The van der Waals surface area contributed by atoms with Gasteiger partial charge in [-0.2, -0.15) is 5.10 Å². The minimum Gasteiger partial charge on any atom is -0.503 e. The van der Waals surface area contributed by atoms with E-state index in [9.17, 15) is 14.7 Å². The maximum absolute atomic E-state index is 12.4. The van der Waals surface area contributed by atoms with Gasteiger partial charge in [-0.3, -0.25) is 9.59 Å². The number of aliphatic hydroxyl groups is 1. The van der Waals surface area contributed by atoms with Crippen molar-refractivity contribution < 1.29 is 23.8 Å². The molecule has 0 unspecified atom stereocenters. The Morgan fingerprint density at radius 3 is 2.64 bits per heavy atom. The van der Waals surface area contributed by atoms with Crippen LogP contribution in [0.1, 0.15) is 39.0 Å². The van der Waals surface area contributed by atoms with Crippen molar-refractivity contribution in [2.24, 2.45) is 5.10 Å². The van der Waals surface area contributed by atoms with Crippen molar-refractivity contribution in [3.05, 3.63) is 35.4 Å². The molecule has 136 valence electrons. The van der Waals surface area contributed by atoms with E-state index in [-0.39, 0.29) is 23.8 Å². The summed E-state index contributed by atoms with van der Waals surface area (Å²) < 4.78 is 9.73. The predicted octanol–water partition coefficient (Wildman–Crippen LogP) is 2.50. The monoisotopic (exact) mass is 349 g/mol. The molecule has 0 saturated heterocycles. The van der Waals surface area contributed by atoms with Gasteiger partial charge in [0.2, 0.25) is 0 Å². The molecule has 1 amide bonds. The molecule has 1 aliphatic heterocycles. The first-order valence-corrected chi connectivity index (χ1v) is 7.86. The van der Waals surface area contributed by atoms with E-state index in [1.54, 1.807) is 26.0 Å². The lowest BCUT2D eigenvalue weighted by Gasteiger charge is -2.28. The van der Waals surface area contributed by atoms with Gasteiger partial charge in [0, 0.05) is 11.8 Å². The highest BCUT2D eigenvalue weighted by Gasteiger charge is 2.35. The van der Waals surface area contributed by atoms with Crippen LogP contribution in [0.2, 0.25) is 0 Å². The largest absolute Gasteiger partial charge is 0.503 e. The number of aliphatic hydroxyl groups excluding tert-OH is 1. The van der Waals surface area contributed by atoms with Gasteiger partial charge >= 0.3 is 5.97 Å². The number of nitrogens with one attached hydrogen (secondary N) is 1. The van der Waals surface area contributed by atoms with Crippen molar-refractivity contribution in [2.45, 2.75) is 27.7 Å². The van der Waals surface area contributed by atoms with Gasteiger partial charge in [0.15, 0.2) is 17.2 Å². The molecule has 2 N–H and O–H groups in total. The quantitative estimate of drug-likeness (QED) is 0.639. The molecule has 0 fully saturated rings. The molecule has 1 aromatic heterocycles. The van der Waals surface area contributed by atoms with E-state index in [2.05, 4.69) is 15.2 Å². The molecule has 0 saturated carbocycles. The summed E-state index contributed by atoms with van der Waals surface area (Å²) in [6.45, 7) is 7.13. The summed E-state index contributed by atoms with van der Waals surface area (Å²) in [5, 5.41) is 18.2. The van der Waals surface area contributed by atoms with Crippen LogP contribution < -0.4 is 5.32 Å². The molecule has 0 bridgehead atoms. The Labute approximate surface area is 146 Å². The summed E-state index contributed by atoms with van der Waals surface area (Å²) in [4.78, 5) is 23.6. The molecule has 2 heterocycles. The molecule has 1 aliphatic rings. The first-order chi connectivity index (χ1) is 12.0. The molecule has 0 atom stereocenters. The number of ether oxygens (including phenoxy) is 1. The lowest BCUT2D eigenvalue weighted by atomic mass is 10.0. The third-order valence-electron chi connectivity index (χ3n) is 3.16. The minimum atomic E-state index is -0.681. The van der Waals surface area contributed by atoms with E-state index in [4.69, 9.17) is 4.42 Å². The average molecular weight is 349 g/mol. The van der Waals surface area contributed by atoms with E-state index >= 15 is 0 Å². The maximum Gasteiger partial charge on any atom is 0.325 e. The van der Waals surface area contributed by atoms with Crippen molar-refractivity contribution >= 4 is 29.5 Å². The molecule has 8 heteroatoms. The Kier molecular flexibility index (Phi) is 7.45. The Balaban J connectivity index is 0.00000151. The molecule has 1 aromatic rings. The molecular formula is C17H23N3O5. The van der Waals surface area contributed by atoms with Crippen LogP contribution in [-0.4, -0.2) is 41.9 Å². The number of hydrazone groups is 1. The fraction of sp³-hybridized carbons (Fsp3) is 0.353. The van der Waals surface area contributed by atoms with Crippen molar-refractivity contribution in [3.8, 4) is 0 Å². The third kappa shape index (κ3) is 4.09. The number of furan rings is 1. The lowest BCUT2D eigenvalue weighted by Crippen LogP contribution is -2.37. The first kappa shape index (κ1) is 20.0. The van der Waals surface area contributed by atoms with E-state index in [1.165, 1.54) is 24.6 Å². The van der Waals surface area contributed by atoms with E-state index in [1.807, 2.05) is 13.8 Å². The summed E-state index contributed by atoms with van der Waals surface area (Å²) in [6, 6.07) is 1.67. The lowest BCUT2D eigenvalue weighted by molar-refractivity contribution is -0.140. The number of fused-ring (bicyclic) bond motifs is 1. The summed E-state index contributed by atoms with van der Waals surface area (Å²) in [5.41, 5.74) is 1.05. The summed E-state index contributed by atoms with van der Waals surface area (Å²) in [6.07, 6.45) is 4.63. The molecular weight excluding hydrogens is 326 g/mol. The van der Waals surface area contributed by atoms with Gasteiger partial charge in [0.1, 0.15) is 6.54 Å². The zero-order valence-corrected chi connectivity index (χ0v) is 15.0. The number of carbonyl (C=O) groups excluding carboxylic acids is 2. The van der Waals surface area contributed by atoms with Crippen LogP contribution in [0.5, 0.6) is 0 Å². The summed E-state index contributed by atoms with van der Waals surface area (Å²) in [5.74, 6) is -1.47. The number of carbonyl (C=O) groups is 2. The minimum absolute atomic E-state index is 0.137. The van der Waals surface area contributed by atoms with Crippen LogP contribution >= 0.6 is 0 Å². The Bertz CT molecular complexity index is 716. The highest BCUT2D eigenvalue weighted by molar-refractivity contribution is 6.04. The number of rotatable bonds is 4. The fourth-order valence-electron chi connectivity index (χ4n) is 2.16. The standard InChI is InChI=1S/C15H17N3O5.C2H6/c1-4-10-9-6-7-23-14(9)13(20)12(18(10)17-5-2)15(21)16-8-11(19)22-3;1-2/h4-7,20H,8H2,1-3H3,(H,16,21);1-2H3/b10-4?,17-5-;. The number of nitrogens with zero attached hydrogens (tertiary/aromatic N) is 2. The van der Waals surface area contributed by atoms with Gasteiger partial charge in [-0.1, -0.05) is 19.9 Å². The normalized spacial score (nSPS) is 14.9. The molecule has 0 spiro atoms. The number of hydrogen-bond donors (Lipinski definition) is 2. The zero-order valence-electron chi connectivity index (χ0n) is 15.0. The van der Waals surface area contributed by atoms with Crippen LogP contribution in [0.4, 0.5) is 0 Å². The third-order valence-corrected chi connectivity index (χ3v) is 3.16. The van der Waals surface area contributed by atoms with Crippen LogP contribution in [0, 0.1) is 0 Å².